The molecule has 0 amide bonds. The number of carboxylic acids is 1. The van der Waals surface area contributed by atoms with Crippen LogP contribution in [0.2, 0.25) is 0 Å². The lowest BCUT2D eigenvalue weighted by Crippen LogP contribution is -2.19. The van der Waals surface area contributed by atoms with Crippen molar-refractivity contribution in [2.75, 3.05) is 6.61 Å². The van der Waals surface area contributed by atoms with Crippen LogP contribution in [0, 0.1) is 0 Å². The number of ether oxygens (including phenoxy) is 1. The second-order valence-corrected chi connectivity index (χ2v) is 1.40. The molecule has 0 unspecified atom stereocenters. The number of aliphatic carboxylic acids is 1. The average molecular weight is 143 g/mol. The Morgan fingerprint density at radius 2 is 2.10 bits per heavy atom. The molecule has 0 bridgehead atoms. The Labute approximate surface area is 58.1 Å². The Balaban J connectivity index is 3.67. The average Bonchev–Trinajstić information content (AvgIpc) is 1.85. The van der Waals surface area contributed by atoms with Crippen LogP contribution >= 0.6 is 0 Å². The molecule has 4 heteroatoms. The number of rotatable bonds is 3. The molecule has 0 aliphatic rings. The molecule has 0 radical (unpaired) electrons. The van der Waals surface area contributed by atoms with E-state index in [9.17, 15) is 14.7 Å². The highest BCUT2D eigenvalue weighted by Crippen LogP contribution is 1.79. The normalized spacial score (nSPS) is 9.70. The van der Waals surface area contributed by atoms with Crippen LogP contribution in [0.15, 0.2) is 12.2 Å². The van der Waals surface area contributed by atoms with Gasteiger partial charge in [0.25, 0.3) is 0 Å². The zero-order valence-electron chi connectivity index (χ0n) is 5.49. The molecule has 56 valence electrons. The molecule has 4 nitrogen and oxygen atoms in total. The fourth-order valence-electron chi connectivity index (χ4n) is 0.326. The number of hydrogen-bond donors (Lipinski definition) is 0. The van der Waals surface area contributed by atoms with Crippen molar-refractivity contribution in [3.8, 4) is 0 Å². The molecule has 0 aromatic carbocycles. The van der Waals surface area contributed by atoms with E-state index in [1.54, 1.807) is 6.92 Å². The van der Waals surface area contributed by atoms with Crippen LogP contribution in [0.25, 0.3) is 0 Å². The molecule has 0 aromatic rings. The summed E-state index contributed by atoms with van der Waals surface area (Å²) in [7, 11) is 0. The third kappa shape index (κ3) is 4.83. The van der Waals surface area contributed by atoms with Gasteiger partial charge in [-0.3, -0.25) is 0 Å². The smallest absolute Gasteiger partial charge is 0.330 e. The number of carboxylic acid groups (broad SMARTS) is 1. The van der Waals surface area contributed by atoms with Crippen LogP contribution in [-0.4, -0.2) is 18.5 Å². The molecule has 0 spiro atoms. The van der Waals surface area contributed by atoms with Crippen LogP contribution in [-0.2, 0) is 14.3 Å². The fraction of sp³-hybridized carbons (Fsp3) is 0.333. The molecule has 0 atom stereocenters. The zero-order chi connectivity index (χ0) is 7.98. The molecule has 10 heavy (non-hydrogen) atoms. The van der Waals surface area contributed by atoms with Crippen molar-refractivity contribution in [1.82, 2.24) is 0 Å². The van der Waals surface area contributed by atoms with E-state index in [0.29, 0.717) is 6.08 Å². The van der Waals surface area contributed by atoms with Crippen LogP contribution in [0.3, 0.4) is 0 Å². The van der Waals surface area contributed by atoms with Crippen molar-refractivity contribution in [2.45, 2.75) is 6.92 Å². The molecule has 0 aliphatic carbocycles. The third-order valence-electron chi connectivity index (χ3n) is 0.642. The Morgan fingerprint density at radius 3 is 2.50 bits per heavy atom. The maximum Gasteiger partial charge on any atom is 0.330 e. The Hall–Kier alpha value is -1.32. The summed E-state index contributed by atoms with van der Waals surface area (Å²) in [6, 6.07) is 0. The fourth-order valence-corrected chi connectivity index (χ4v) is 0.326. The van der Waals surface area contributed by atoms with Gasteiger partial charge < -0.3 is 14.6 Å². The molecule has 0 rings (SSSR count). The summed E-state index contributed by atoms with van der Waals surface area (Å²) >= 11 is 0. The highest BCUT2D eigenvalue weighted by molar-refractivity contribution is 5.89. The molecule has 0 aliphatic heterocycles. The molecule has 0 heterocycles. The minimum atomic E-state index is -1.41. The van der Waals surface area contributed by atoms with Gasteiger partial charge in [-0.2, -0.15) is 0 Å². The molecule has 0 N–H and O–H groups in total. The summed E-state index contributed by atoms with van der Waals surface area (Å²) < 4.78 is 4.38. The van der Waals surface area contributed by atoms with Gasteiger partial charge in [0.05, 0.1) is 12.6 Å². The summed E-state index contributed by atoms with van der Waals surface area (Å²) in [6.07, 6.45) is 1.43. The Morgan fingerprint density at radius 1 is 1.50 bits per heavy atom. The first-order valence-corrected chi connectivity index (χ1v) is 2.72. The van der Waals surface area contributed by atoms with E-state index in [1.165, 1.54) is 0 Å². The first kappa shape index (κ1) is 8.68. The van der Waals surface area contributed by atoms with Crippen molar-refractivity contribution >= 4 is 11.9 Å². The first-order valence-electron chi connectivity index (χ1n) is 2.72. The lowest BCUT2D eigenvalue weighted by Gasteiger charge is -1.94. The highest BCUT2D eigenvalue weighted by atomic mass is 16.5. The monoisotopic (exact) mass is 143 g/mol. The van der Waals surface area contributed by atoms with Gasteiger partial charge in [0.1, 0.15) is 0 Å². The van der Waals surface area contributed by atoms with Crippen molar-refractivity contribution in [1.29, 1.82) is 0 Å². The summed E-state index contributed by atoms with van der Waals surface area (Å²) in [5, 5.41) is 9.70. The van der Waals surface area contributed by atoms with Gasteiger partial charge in [0.15, 0.2) is 0 Å². The quantitative estimate of drug-likeness (QED) is 0.370. The SMILES string of the molecule is CCOC(=O)C=CC(=O)[O-]. The van der Waals surface area contributed by atoms with Crippen molar-refractivity contribution < 1.29 is 19.4 Å². The van der Waals surface area contributed by atoms with Gasteiger partial charge >= 0.3 is 5.97 Å². The summed E-state index contributed by atoms with van der Waals surface area (Å²) in [6.45, 7) is 1.86. The Kier molecular flexibility index (Phi) is 3.95. The van der Waals surface area contributed by atoms with E-state index >= 15 is 0 Å². The lowest BCUT2D eigenvalue weighted by atomic mass is 10.5. The minimum Gasteiger partial charge on any atom is -0.545 e. The summed E-state index contributed by atoms with van der Waals surface area (Å²) in [4.78, 5) is 20.0. The van der Waals surface area contributed by atoms with E-state index < -0.39 is 11.9 Å². The predicted octanol–water partition coefficient (Wildman–Crippen LogP) is -1.14. The molecular weight excluding hydrogens is 136 g/mol. The van der Waals surface area contributed by atoms with Crippen LogP contribution in [0.1, 0.15) is 6.92 Å². The first-order chi connectivity index (χ1) is 4.66. The van der Waals surface area contributed by atoms with Crippen molar-refractivity contribution in [3.63, 3.8) is 0 Å². The van der Waals surface area contributed by atoms with E-state index in [2.05, 4.69) is 4.74 Å². The van der Waals surface area contributed by atoms with Gasteiger partial charge in [-0.1, -0.05) is 0 Å². The zero-order valence-corrected chi connectivity index (χ0v) is 5.49. The van der Waals surface area contributed by atoms with Gasteiger partial charge in [-0.15, -0.1) is 0 Å². The minimum absolute atomic E-state index is 0.232. The molecule has 0 saturated heterocycles. The maximum atomic E-state index is 10.3. The second kappa shape index (κ2) is 4.55. The van der Waals surface area contributed by atoms with Crippen LogP contribution < -0.4 is 5.11 Å². The molecular formula is C6H7O4-. The second-order valence-electron chi connectivity index (χ2n) is 1.40. The van der Waals surface area contributed by atoms with Gasteiger partial charge in [-0.05, 0) is 13.0 Å². The predicted molar refractivity (Wildman–Crippen MR) is 30.8 cm³/mol. The van der Waals surface area contributed by atoms with E-state index in [-0.39, 0.29) is 6.61 Å². The lowest BCUT2D eigenvalue weighted by molar-refractivity contribution is -0.297. The van der Waals surface area contributed by atoms with Crippen LogP contribution in [0.4, 0.5) is 0 Å². The van der Waals surface area contributed by atoms with E-state index in [4.69, 9.17) is 0 Å². The standard InChI is InChI=1S/C6H8O4/c1-2-10-6(9)4-3-5(7)8/h3-4H,2H2,1H3,(H,7,8)/p-1. The molecule has 0 saturated carbocycles. The van der Waals surface area contributed by atoms with E-state index in [0.717, 1.165) is 6.08 Å². The summed E-state index contributed by atoms with van der Waals surface area (Å²) in [5.74, 6) is -2.08. The number of hydrogen-bond acceptors (Lipinski definition) is 4. The van der Waals surface area contributed by atoms with Gasteiger partial charge in [0.2, 0.25) is 0 Å². The van der Waals surface area contributed by atoms with E-state index in [1.807, 2.05) is 0 Å². The highest BCUT2D eigenvalue weighted by Gasteiger charge is 1.90. The molecule has 0 aromatic heterocycles. The maximum absolute atomic E-state index is 10.3. The number of carbonyl (C=O) groups is 2. The van der Waals surface area contributed by atoms with Gasteiger partial charge in [-0.25, -0.2) is 4.79 Å². The Bertz CT molecular complexity index is 159. The third-order valence-corrected chi connectivity index (χ3v) is 0.642. The summed E-state index contributed by atoms with van der Waals surface area (Å²) in [5.41, 5.74) is 0. The topological polar surface area (TPSA) is 66.4 Å². The number of esters is 1. The van der Waals surface area contributed by atoms with Crippen LogP contribution in [0.5, 0.6) is 0 Å². The largest absolute Gasteiger partial charge is 0.545 e. The van der Waals surface area contributed by atoms with Crippen molar-refractivity contribution in [2.24, 2.45) is 0 Å². The number of carbonyl (C=O) groups excluding carboxylic acids is 2. The molecule has 0 fully saturated rings. The van der Waals surface area contributed by atoms with Crippen molar-refractivity contribution in [3.05, 3.63) is 12.2 Å². The van der Waals surface area contributed by atoms with Gasteiger partial charge in [0, 0.05) is 6.08 Å².